The van der Waals surface area contributed by atoms with Gasteiger partial charge in [-0.15, -0.1) is 22.7 Å². The maximum atomic E-state index is 12.0. The first-order chi connectivity index (χ1) is 13.1. The van der Waals surface area contributed by atoms with Gasteiger partial charge >= 0.3 is 0 Å². The molecule has 27 heavy (non-hydrogen) atoms. The summed E-state index contributed by atoms with van der Waals surface area (Å²) in [6.45, 7) is 2.83. The average Bonchev–Trinajstić information content (AvgIpc) is 3.32. The molecule has 0 aliphatic rings. The minimum Gasteiger partial charge on any atom is -0.492 e. The molecule has 8 heteroatoms. The molecule has 6 nitrogen and oxygen atoms in total. The number of ether oxygens (including phenoxy) is 1. The molecule has 140 valence electrons. The lowest BCUT2D eigenvalue weighted by Crippen LogP contribution is -2.29. The van der Waals surface area contributed by atoms with E-state index in [1.807, 2.05) is 42.6 Å². The van der Waals surface area contributed by atoms with Crippen LogP contribution in [0.15, 0.2) is 47.2 Å². The van der Waals surface area contributed by atoms with Crippen LogP contribution in [0.25, 0.3) is 0 Å². The van der Waals surface area contributed by atoms with Crippen molar-refractivity contribution >= 4 is 39.6 Å². The summed E-state index contributed by atoms with van der Waals surface area (Å²) in [7, 11) is 0. The van der Waals surface area contributed by atoms with Crippen LogP contribution in [0, 0.1) is 6.92 Å². The van der Waals surface area contributed by atoms with E-state index in [1.54, 1.807) is 11.4 Å². The van der Waals surface area contributed by atoms with Crippen molar-refractivity contribution in [3.63, 3.8) is 0 Å². The van der Waals surface area contributed by atoms with Gasteiger partial charge in [-0.3, -0.25) is 14.9 Å². The second-order valence-electron chi connectivity index (χ2n) is 5.76. The summed E-state index contributed by atoms with van der Waals surface area (Å²) in [5, 5.41) is 9.64. The second kappa shape index (κ2) is 9.29. The van der Waals surface area contributed by atoms with Gasteiger partial charge in [0.1, 0.15) is 12.4 Å². The van der Waals surface area contributed by atoms with Gasteiger partial charge in [-0.1, -0.05) is 23.8 Å². The highest BCUT2D eigenvalue weighted by Gasteiger charge is 2.11. The number of benzene rings is 1. The summed E-state index contributed by atoms with van der Waals surface area (Å²) in [4.78, 5) is 28.9. The molecular weight excluding hydrogens is 382 g/mol. The Bertz CT molecular complexity index is 889. The van der Waals surface area contributed by atoms with Gasteiger partial charge in [0.2, 0.25) is 5.91 Å². The normalized spacial score (nSPS) is 10.4. The molecule has 0 aliphatic heterocycles. The van der Waals surface area contributed by atoms with E-state index in [1.165, 1.54) is 28.2 Å². The van der Waals surface area contributed by atoms with Gasteiger partial charge in [-0.05, 0) is 30.5 Å². The van der Waals surface area contributed by atoms with E-state index in [9.17, 15) is 9.59 Å². The minimum atomic E-state index is -0.191. The predicted octanol–water partition coefficient (Wildman–Crippen LogP) is 3.50. The largest absolute Gasteiger partial charge is 0.492 e. The van der Waals surface area contributed by atoms with Crippen molar-refractivity contribution in [2.45, 2.75) is 13.3 Å². The quantitative estimate of drug-likeness (QED) is 0.566. The van der Waals surface area contributed by atoms with Crippen molar-refractivity contribution in [2.75, 3.05) is 18.5 Å². The van der Waals surface area contributed by atoms with Crippen LogP contribution in [0.5, 0.6) is 5.75 Å². The molecule has 2 N–H and O–H groups in total. The fourth-order valence-electron chi connectivity index (χ4n) is 2.23. The van der Waals surface area contributed by atoms with Crippen LogP contribution in [0.4, 0.5) is 5.13 Å². The van der Waals surface area contributed by atoms with Gasteiger partial charge in [-0.25, -0.2) is 4.98 Å². The molecular formula is C19H19N3O3S2. The number of aryl methyl sites for hydroxylation is 1. The van der Waals surface area contributed by atoms with E-state index in [2.05, 4.69) is 15.6 Å². The smallest absolute Gasteiger partial charge is 0.267 e. The first-order valence-electron chi connectivity index (χ1n) is 8.35. The molecule has 2 amide bonds. The Morgan fingerprint density at radius 2 is 1.96 bits per heavy atom. The third-order valence-electron chi connectivity index (χ3n) is 3.57. The van der Waals surface area contributed by atoms with Crippen LogP contribution in [0.2, 0.25) is 0 Å². The number of nitrogens with one attached hydrogen (secondary N) is 2. The number of carbonyl (C=O) groups excluding carboxylic acids is 2. The molecule has 1 aromatic carbocycles. The Kier molecular flexibility index (Phi) is 6.56. The third kappa shape index (κ3) is 5.90. The van der Waals surface area contributed by atoms with Crippen LogP contribution in [0.1, 0.15) is 20.9 Å². The molecule has 0 fully saturated rings. The predicted molar refractivity (Wildman–Crippen MR) is 108 cm³/mol. The maximum absolute atomic E-state index is 12.0. The molecule has 0 bridgehead atoms. The number of carbonyl (C=O) groups is 2. The lowest BCUT2D eigenvalue weighted by molar-refractivity contribution is -0.120. The molecule has 0 saturated heterocycles. The Hall–Kier alpha value is -2.71. The van der Waals surface area contributed by atoms with Crippen LogP contribution in [-0.2, 0) is 11.2 Å². The van der Waals surface area contributed by atoms with Gasteiger partial charge < -0.3 is 10.1 Å². The Morgan fingerprint density at radius 3 is 2.70 bits per heavy atom. The first kappa shape index (κ1) is 19.1. The summed E-state index contributed by atoms with van der Waals surface area (Å²) >= 11 is 2.67. The summed E-state index contributed by atoms with van der Waals surface area (Å²) < 4.78 is 5.57. The highest BCUT2D eigenvalue weighted by atomic mass is 32.1. The zero-order valence-electron chi connectivity index (χ0n) is 14.7. The SMILES string of the molecule is Cc1ccc(OCCNC(=O)Cc2csc(NC(=O)c3cccs3)n2)cc1. The van der Waals surface area contributed by atoms with Gasteiger partial charge in [0.15, 0.2) is 5.13 Å². The zero-order valence-corrected chi connectivity index (χ0v) is 16.4. The Morgan fingerprint density at radius 1 is 1.15 bits per heavy atom. The van der Waals surface area contributed by atoms with E-state index in [0.717, 1.165) is 5.75 Å². The number of thiazole rings is 1. The number of amides is 2. The first-order valence-corrected chi connectivity index (χ1v) is 10.1. The van der Waals surface area contributed by atoms with Crippen LogP contribution >= 0.6 is 22.7 Å². The molecule has 3 aromatic rings. The molecule has 2 heterocycles. The van der Waals surface area contributed by atoms with E-state index < -0.39 is 0 Å². The van der Waals surface area contributed by atoms with Crippen molar-refractivity contribution in [1.29, 1.82) is 0 Å². The molecule has 0 spiro atoms. The highest BCUT2D eigenvalue weighted by Crippen LogP contribution is 2.18. The van der Waals surface area contributed by atoms with Crippen molar-refractivity contribution in [3.05, 3.63) is 63.3 Å². The molecule has 0 radical (unpaired) electrons. The van der Waals surface area contributed by atoms with Crippen molar-refractivity contribution < 1.29 is 14.3 Å². The Balaban J connectivity index is 1.38. The van der Waals surface area contributed by atoms with E-state index >= 15 is 0 Å². The fraction of sp³-hybridized carbons (Fsp3) is 0.211. The highest BCUT2D eigenvalue weighted by molar-refractivity contribution is 7.14. The van der Waals surface area contributed by atoms with Crippen LogP contribution in [-0.4, -0.2) is 29.9 Å². The number of anilines is 1. The zero-order chi connectivity index (χ0) is 19.1. The van der Waals surface area contributed by atoms with Gasteiger partial charge in [0, 0.05) is 5.38 Å². The molecule has 3 rings (SSSR count). The molecule has 2 aromatic heterocycles. The summed E-state index contributed by atoms with van der Waals surface area (Å²) in [6.07, 6.45) is 0.163. The lowest BCUT2D eigenvalue weighted by atomic mass is 10.2. The number of nitrogens with zero attached hydrogens (tertiary/aromatic N) is 1. The van der Waals surface area contributed by atoms with Crippen LogP contribution in [0.3, 0.4) is 0 Å². The van der Waals surface area contributed by atoms with Crippen molar-refractivity contribution in [2.24, 2.45) is 0 Å². The summed E-state index contributed by atoms with van der Waals surface area (Å²) in [5.74, 6) is 0.452. The molecule has 0 aliphatic carbocycles. The summed E-state index contributed by atoms with van der Waals surface area (Å²) in [6, 6.07) is 11.3. The summed E-state index contributed by atoms with van der Waals surface area (Å²) in [5.41, 5.74) is 1.79. The number of hydrogen-bond donors (Lipinski definition) is 2. The van der Waals surface area contributed by atoms with E-state index in [4.69, 9.17) is 4.74 Å². The second-order valence-corrected chi connectivity index (χ2v) is 7.57. The topological polar surface area (TPSA) is 80.3 Å². The molecule has 0 atom stereocenters. The van der Waals surface area contributed by atoms with Crippen LogP contribution < -0.4 is 15.4 Å². The number of thiophene rings is 1. The van der Waals surface area contributed by atoms with Gasteiger partial charge in [0.05, 0.1) is 23.5 Å². The standard InChI is InChI=1S/C19H19N3O3S2/c1-13-4-6-15(7-5-13)25-9-8-20-17(23)11-14-12-27-19(21-14)22-18(24)16-3-2-10-26-16/h2-7,10,12H,8-9,11H2,1H3,(H,20,23)(H,21,22,24). The van der Waals surface area contributed by atoms with Gasteiger partial charge in [-0.2, -0.15) is 0 Å². The monoisotopic (exact) mass is 401 g/mol. The molecule has 0 unspecified atom stereocenters. The Labute approximate surface area is 165 Å². The number of rotatable bonds is 8. The number of aromatic nitrogens is 1. The lowest BCUT2D eigenvalue weighted by Gasteiger charge is -2.07. The van der Waals surface area contributed by atoms with E-state index in [-0.39, 0.29) is 18.2 Å². The minimum absolute atomic E-state index is 0.135. The third-order valence-corrected chi connectivity index (χ3v) is 5.25. The van der Waals surface area contributed by atoms with Crippen molar-refractivity contribution in [1.82, 2.24) is 10.3 Å². The molecule has 0 saturated carbocycles. The fourth-order valence-corrected chi connectivity index (χ4v) is 3.56. The van der Waals surface area contributed by atoms with Gasteiger partial charge in [0.25, 0.3) is 5.91 Å². The van der Waals surface area contributed by atoms with E-state index in [0.29, 0.717) is 28.9 Å². The maximum Gasteiger partial charge on any atom is 0.267 e. The number of hydrogen-bond acceptors (Lipinski definition) is 6. The van der Waals surface area contributed by atoms with Crippen molar-refractivity contribution in [3.8, 4) is 5.75 Å². The average molecular weight is 402 g/mol.